The van der Waals surface area contributed by atoms with Gasteiger partial charge in [-0.15, -0.1) is 11.8 Å². The quantitative estimate of drug-likeness (QED) is 0.350. The van der Waals surface area contributed by atoms with Gasteiger partial charge in [-0.05, 0) is 54.4 Å². The SMILES string of the molecule is CSc1cc(CCCc2ccccc2)ccc1/C=C/C(=O)N(C)O. The Hall–Kier alpha value is -2.04. The smallest absolute Gasteiger partial charge is 0.269 e. The van der Waals surface area contributed by atoms with Crippen LogP contribution in [-0.2, 0) is 17.6 Å². The molecule has 0 fully saturated rings. The molecule has 0 saturated heterocycles. The standard InChI is InChI=1S/C20H23NO2S/c1-21(23)20(22)14-13-18-12-11-17(15-19(18)24-2)10-6-9-16-7-4-3-5-8-16/h3-5,7-8,11-15,23H,6,9-10H2,1-2H3/b14-13+. The number of carbonyl (C=O) groups excluding carboxylic acids is 1. The molecule has 24 heavy (non-hydrogen) atoms. The van der Waals surface area contributed by atoms with E-state index < -0.39 is 5.91 Å². The third kappa shape index (κ3) is 5.55. The molecule has 126 valence electrons. The molecule has 0 atom stereocenters. The zero-order chi connectivity index (χ0) is 17.4. The van der Waals surface area contributed by atoms with E-state index in [0.717, 1.165) is 29.7 Å². The van der Waals surface area contributed by atoms with Crippen molar-refractivity contribution in [2.24, 2.45) is 0 Å². The van der Waals surface area contributed by atoms with E-state index in [-0.39, 0.29) is 0 Å². The van der Waals surface area contributed by atoms with E-state index >= 15 is 0 Å². The van der Waals surface area contributed by atoms with Crippen LogP contribution in [0.5, 0.6) is 0 Å². The number of likely N-dealkylation sites (N-methyl/N-ethyl adjacent to an activating group) is 1. The maximum atomic E-state index is 11.4. The van der Waals surface area contributed by atoms with E-state index in [1.54, 1.807) is 17.8 Å². The zero-order valence-electron chi connectivity index (χ0n) is 14.1. The van der Waals surface area contributed by atoms with Gasteiger partial charge in [0.05, 0.1) is 0 Å². The van der Waals surface area contributed by atoms with Crippen LogP contribution in [0.3, 0.4) is 0 Å². The molecule has 0 radical (unpaired) electrons. The molecule has 2 aromatic carbocycles. The minimum atomic E-state index is -0.436. The Kier molecular flexibility index (Phi) is 7.09. The fraction of sp³-hybridized carbons (Fsp3) is 0.250. The van der Waals surface area contributed by atoms with Gasteiger partial charge < -0.3 is 0 Å². The predicted octanol–water partition coefficient (Wildman–Crippen LogP) is 4.44. The molecule has 3 nitrogen and oxygen atoms in total. The van der Waals surface area contributed by atoms with Crippen LogP contribution in [0, 0.1) is 0 Å². The van der Waals surface area contributed by atoms with Gasteiger partial charge >= 0.3 is 0 Å². The van der Waals surface area contributed by atoms with Crippen molar-refractivity contribution in [3.63, 3.8) is 0 Å². The summed E-state index contributed by atoms with van der Waals surface area (Å²) in [4.78, 5) is 12.6. The summed E-state index contributed by atoms with van der Waals surface area (Å²) in [6, 6.07) is 16.8. The maximum Gasteiger partial charge on any atom is 0.269 e. The topological polar surface area (TPSA) is 40.5 Å². The molecule has 2 aromatic rings. The highest BCUT2D eigenvalue weighted by Gasteiger charge is 2.04. The number of amides is 1. The molecule has 0 spiro atoms. The molecular weight excluding hydrogens is 318 g/mol. The molecular formula is C20H23NO2S. The summed E-state index contributed by atoms with van der Waals surface area (Å²) in [5.74, 6) is -0.436. The maximum absolute atomic E-state index is 11.4. The molecule has 0 bridgehead atoms. The Labute approximate surface area is 148 Å². The minimum Gasteiger partial charge on any atom is -0.286 e. The van der Waals surface area contributed by atoms with Crippen LogP contribution in [-0.4, -0.2) is 29.5 Å². The third-order valence-electron chi connectivity index (χ3n) is 3.80. The second-order valence-electron chi connectivity index (χ2n) is 5.61. The number of hydrogen-bond donors (Lipinski definition) is 1. The highest BCUT2D eigenvalue weighted by atomic mass is 32.2. The van der Waals surface area contributed by atoms with E-state index in [9.17, 15) is 4.79 Å². The van der Waals surface area contributed by atoms with Gasteiger partial charge in [-0.25, -0.2) is 5.06 Å². The van der Waals surface area contributed by atoms with Crippen molar-refractivity contribution in [1.29, 1.82) is 0 Å². The lowest BCUT2D eigenvalue weighted by molar-refractivity contribution is -0.153. The summed E-state index contributed by atoms with van der Waals surface area (Å²) in [6.07, 6.45) is 8.37. The molecule has 0 aromatic heterocycles. The first kappa shape index (κ1) is 18.3. The molecule has 0 aliphatic heterocycles. The predicted molar refractivity (Wildman–Crippen MR) is 100 cm³/mol. The second-order valence-corrected chi connectivity index (χ2v) is 6.46. The first-order valence-corrected chi connectivity index (χ1v) is 9.18. The highest BCUT2D eigenvalue weighted by Crippen LogP contribution is 2.24. The average molecular weight is 341 g/mol. The van der Waals surface area contributed by atoms with Crippen LogP contribution < -0.4 is 0 Å². The number of hydrogen-bond acceptors (Lipinski definition) is 3. The van der Waals surface area contributed by atoms with Gasteiger partial charge in [-0.2, -0.15) is 0 Å². The van der Waals surface area contributed by atoms with Gasteiger partial charge in [0.25, 0.3) is 5.91 Å². The Bertz CT molecular complexity index is 696. The van der Waals surface area contributed by atoms with Crippen LogP contribution >= 0.6 is 11.8 Å². The van der Waals surface area contributed by atoms with Crippen molar-refractivity contribution in [3.8, 4) is 0 Å². The third-order valence-corrected chi connectivity index (χ3v) is 4.59. The molecule has 0 heterocycles. The van der Waals surface area contributed by atoms with Crippen molar-refractivity contribution in [2.45, 2.75) is 24.2 Å². The summed E-state index contributed by atoms with van der Waals surface area (Å²) in [5.41, 5.74) is 3.66. The lowest BCUT2D eigenvalue weighted by Gasteiger charge is -2.08. The number of benzene rings is 2. The monoisotopic (exact) mass is 341 g/mol. The van der Waals surface area contributed by atoms with Gasteiger partial charge in [0, 0.05) is 18.0 Å². The number of hydroxylamine groups is 2. The van der Waals surface area contributed by atoms with Crippen LogP contribution in [0.25, 0.3) is 6.08 Å². The summed E-state index contributed by atoms with van der Waals surface area (Å²) >= 11 is 1.66. The average Bonchev–Trinajstić information content (AvgIpc) is 2.60. The molecule has 1 amide bonds. The van der Waals surface area contributed by atoms with E-state index in [4.69, 9.17) is 5.21 Å². The molecule has 2 rings (SSSR count). The fourth-order valence-electron chi connectivity index (χ4n) is 2.46. The lowest BCUT2D eigenvalue weighted by Crippen LogP contribution is -2.19. The molecule has 0 aliphatic rings. The first-order chi connectivity index (χ1) is 11.6. The highest BCUT2D eigenvalue weighted by molar-refractivity contribution is 7.98. The summed E-state index contributed by atoms with van der Waals surface area (Å²) in [7, 11) is 1.32. The van der Waals surface area contributed by atoms with Gasteiger partial charge in [-0.1, -0.05) is 42.5 Å². The van der Waals surface area contributed by atoms with Gasteiger partial charge in [-0.3, -0.25) is 10.0 Å². The molecule has 4 heteroatoms. The molecule has 1 N–H and O–H groups in total. The van der Waals surface area contributed by atoms with Crippen molar-refractivity contribution in [3.05, 3.63) is 71.3 Å². The van der Waals surface area contributed by atoms with E-state index in [1.807, 2.05) is 18.4 Å². The normalized spacial score (nSPS) is 11.0. The molecule has 0 saturated carbocycles. The minimum absolute atomic E-state index is 0.436. The lowest BCUT2D eigenvalue weighted by atomic mass is 10.0. The summed E-state index contributed by atoms with van der Waals surface area (Å²) in [6.45, 7) is 0. The van der Waals surface area contributed by atoms with Crippen LogP contribution in [0.4, 0.5) is 0 Å². The van der Waals surface area contributed by atoms with Gasteiger partial charge in [0.15, 0.2) is 0 Å². The summed E-state index contributed by atoms with van der Waals surface area (Å²) < 4.78 is 0. The van der Waals surface area contributed by atoms with E-state index in [1.165, 1.54) is 24.3 Å². The van der Waals surface area contributed by atoms with Gasteiger partial charge in [0.1, 0.15) is 0 Å². The van der Waals surface area contributed by atoms with E-state index in [0.29, 0.717) is 5.06 Å². The van der Waals surface area contributed by atoms with Crippen molar-refractivity contribution < 1.29 is 10.0 Å². The number of nitrogens with zero attached hydrogens (tertiary/aromatic N) is 1. The van der Waals surface area contributed by atoms with Gasteiger partial charge in [0.2, 0.25) is 0 Å². The number of thioether (sulfide) groups is 1. The Morgan fingerprint density at radius 3 is 2.50 bits per heavy atom. The van der Waals surface area contributed by atoms with Crippen molar-refractivity contribution in [1.82, 2.24) is 5.06 Å². The Balaban J connectivity index is 1.99. The second kappa shape index (κ2) is 9.30. The number of aryl methyl sites for hydroxylation is 2. The van der Waals surface area contributed by atoms with E-state index in [2.05, 4.69) is 36.4 Å². The van der Waals surface area contributed by atoms with Crippen molar-refractivity contribution in [2.75, 3.05) is 13.3 Å². The largest absolute Gasteiger partial charge is 0.286 e. The molecule has 0 aliphatic carbocycles. The molecule has 0 unspecified atom stereocenters. The van der Waals surface area contributed by atoms with Crippen LogP contribution in [0.15, 0.2) is 59.5 Å². The number of rotatable bonds is 7. The Morgan fingerprint density at radius 1 is 1.12 bits per heavy atom. The fourth-order valence-corrected chi connectivity index (χ4v) is 3.10. The summed E-state index contributed by atoms with van der Waals surface area (Å²) in [5, 5.41) is 9.66. The van der Waals surface area contributed by atoms with Crippen LogP contribution in [0.2, 0.25) is 0 Å². The first-order valence-electron chi connectivity index (χ1n) is 7.95. The zero-order valence-corrected chi connectivity index (χ0v) is 14.9. The van der Waals surface area contributed by atoms with Crippen LogP contribution in [0.1, 0.15) is 23.1 Å². The Morgan fingerprint density at radius 2 is 1.83 bits per heavy atom. The number of carbonyl (C=O) groups is 1. The van der Waals surface area contributed by atoms with Crippen molar-refractivity contribution >= 4 is 23.7 Å².